The van der Waals surface area contributed by atoms with E-state index in [4.69, 9.17) is 4.74 Å². The molecule has 104 valence electrons. The summed E-state index contributed by atoms with van der Waals surface area (Å²) in [6, 6.07) is 1.87. The fourth-order valence-electron chi connectivity index (χ4n) is 2.52. The summed E-state index contributed by atoms with van der Waals surface area (Å²) in [6.45, 7) is 3.97. The van der Waals surface area contributed by atoms with Crippen molar-refractivity contribution in [2.45, 2.75) is 45.1 Å². The Hall–Kier alpha value is -1.36. The molecule has 0 bridgehead atoms. The van der Waals surface area contributed by atoms with Crippen LogP contribution in [0.2, 0.25) is 0 Å². The number of thiophene rings is 1. The molecule has 2 rings (SSSR count). The second kappa shape index (κ2) is 5.33. The van der Waals surface area contributed by atoms with E-state index in [1.165, 1.54) is 18.4 Å². The predicted octanol–water partition coefficient (Wildman–Crippen LogP) is 2.58. The third-order valence-electron chi connectivity index (χ3n) is 3.78. The van der Waals surface area contributed by atoms with Crippen molar-refractivity contribution in [1.29, 1.82) is 0 Å². The number of methoxy groups -OCH3 is 1. The Morgan fingerprint density at radius 2 is 1.95 bits per heavy atom. The van der Waals surface area contributed by atoms with Crippen LogP contribution in [0, 0.1) is 13.8 Å². The molecule has 1 N–H and O–H groups in total. The zero-order valence-electron chi connectivity index (χ0n) is 11.5. The van der Waals surface area contributed by atoms with Crippen molar-refractivity contribution >= 4 is 23.2 Å². The molecule has 1 aromatic heterocycles. The van der Waals surface area contributed by atoms with E-state index in [0.29, 0.717) is 17.7 Å². The summed E-state index contributed by atoms with van der Waals surface area (Å²) >= 11 is 1.46. The number of aryl methyl sites for hydroxylation is 2. The average molecular weight is 281 g/mol. The highest BCUT2D eigenvalue weighted by Crippen LogP contribution is 2.32. The van der Waals surface area contributed by atoms with Gasteiger partial charge in [-0.25, -0.2) is 4.79 Å². The van der Waals surface area contributed by atoms with Crippen LogP contribution >= 0.6 is 11.3 Å². The molecule has 4 nitrogen and oxygen atoms in total. The molecule has 0 saturated heterocycles. The van der Waals surface area contributed by atoms with Gasteiger partial charge in [-0.1, -0.05) is 12.8 Å². The Morgan fingerprint density at radius 3 is 2.42 bits per heavy atom. The van der Waals surface area contributed by atoms with Gasteiger partial charge < -0.3 is 10.1 Å². The Kier molecular flexibility index (Phi) is 3.94. The number of esters is 1. The Morgan fingerprint density at radius 1 is 1.32 bits per heavy atom. The molecule has 0 spiro atoms. The summed E-state index contributed by atoms with van der Waals surface area (Å²) in [4.78, 5) is 26.0. The first-order valence-corrected chi connectivity index (χ1v) is 7.28. The lowest BCUT2D eigenvalue weighted by atomic mass is 9.97. The van der Waals surface area contributed by atoms with E-state index in [1.807, 2.05) is 19.9 Å². The SMILES string of the molecule is COC(=O)C1(NC(=O)c2cc(C)c(C)s2)CCCC1. The maximum Gasteiger partial charge on any atom is 0.331 e. The van der Waals surface area contributed by atoms with E-state index in [9.17, 15) is 9.59 Å². The predicted molar refractivity (Wildman–Crippen MR) is 74.5 cm³/mol. The summed E-state index contributed by atoms with van der Waals surface area (Å²) in [7, 11) is 1.37. The molecule has 1 amide bonds. The standard InChI is InChI=1S/C14H19NO3S/c1-9-8-11(19-10(9)2)12(16)15-14(13(17)18-3)6-4-5-7-14/h8H,4-7H2,1-3H3,(H,15,16). The Balaban J connectivity index is 2.18. The lowest BCUT2D eigenvalue weighted by Crippen LogP contribution is -2.53. The van der Waals surface area contributed by atoms with Crippen LogP contribution in [0.3, 0.4) is 0 Å². The van der Waals surface area contributed by atoms with Crippen molar-refractivity contribution in [1.82, 2.24) is 5.32 Å². The molecule has 0 unspecified atom stereocenters. The number of nitrogens with one attached hydrogen (secondary N) is 1. The fraction of sp³-hybridized carbons (Fsp3) is 0.571. The summed E-state index contributed by atoms with van der Waals surface area (Å²) in [5.41, 5.74) is 0.283. The molecule has 0 radical (unpaired) electrons. The van der Waals surface area contributed by atoms with Crippen LogP contribution in [0.4, 0.5) is 0 Å². The van der Waals surface area contributed by atoms with Crippen LogP contribution in [-0.4, -0.2) is 24.5 Å². The van der Waals surface area contributed by atoms with Gasteiger partial charge in [-0.3, -0.25) is 4.79 Å². The van der Waals surface area contributed by atoms with Crippen LogP contribution in [0.1, 0.15) is 45.8 Å². The zero-order chi connectivity index (χ0) is 14.0. The first-order valence-electron chi connectivity index (χ1n) is 6.46. The lowest BCUT2D eigenvalue weighted by molar-refractivity contribution is -0.148. The van der Waals surface area contributed by atoms with E-state index in [2.05, 4.69) is 5.32 Å². The second-order valence-corrected chi connectivity index (χ2v) is 6.34. The molecule has 1 aliphatic rings. The van der Waals surface area contributed by atoms with Gasteiger partial charge in [0.25, 0.3) is 5.91 Å². The number of carbonyl (C=O) groups excluding carboxylic acids is 2. The number of hydrogen-bond acceptors (Lipinski definition) is 4. The van der Waals surface area contributed by atoms with Crippen molar-refractivity contribution in [3.8, 4) is 0 Å². The van der Waals surface area contributed by atoms with E-state index in [1.54, 1.807) is 0 Å². The Labute approximate surface area is 117 Å². The lowest BCUT2D eigenvalue weighted by Gasteiger charge is -2.26. The highest BCUT2D eigenvalue weighted by atomic mass is 32.1. The minimum Gasteiger partial charge on any atom is -0.467 e. The molecule has 1 heterocycles. The molecular formula is C14H19NO3S. The monoisotopic (exact) mass is 281 g/mol. The van der Waals surface area contributed by atoms with Gasteiger partial charge in [0, 0.05) is 4.88 Å². The van der Waals surface area contributed by atoms with Gasteiger partial charge in [0.1, 0.15) is 5.54 Å². The minimum atomic E-state index is -0.822. The molecule has 0 aliphatic heterocycles. The summed E-state index contributed by atoms with van der Waals surface area (Å²) in [5, 5.41) is 2.90. The zero-order valence-corrected chi connectivity index (χ0v) is 12.4. The molecule has 19 heavy (non-hydrogen) atoms. The van der Waals surface area contributed by atoms with Gasteiger partial charge in [-0.15, -0.1) is 11.3 Å². The van der Waals surface area contributed by atoms with E-state index < -0.39 is 5.54 Å². The summed E-state index contributed by atoms with van der Waals surface area (Å²) in [5.74, 6) is -0.503. The van der Waals surface area contributed by atoms with Gasteiger partial charge in [0.15, 0.2) is 0 Å². The van der Waals surface area contributed by atoms with Gasteiger partial charge >= 0.3 is 5.97 Å². The van der Waals surface area contributed by atoms with E-state index >= 15 is 0 Å². The maximum atomic E-state index is 12.3. The number of carbonyl (C=O) groups is 2. The van der Waals surface area contributed by atoms with E-state index in [0.717, 1.165) is 23.3 Å². The van der Waals surface area contributed by atoms with Crippen molar-refractivity contribution < 1.29 is 14.3 Å². The topological polar surface area (TPSA) is 55.4 Å². The first-order chi connectivity index (χ1) is 8.98. The van der Waals surface area contributed by atoms with Crippen molar-refractivity contribution in [3.63, 3.8) is 0 Å². The van der Waals surface area contributed by atoms with Crippen LogP contribution in [0.5, 0.6) is 0 Å². The smallest absolute Gasteiger partial charge is 0.331 e. The number of ether oxygens (including phenoxy) is 1. The average Bonchev–Trinajstić information content (AvgIpc) is 2.97. The molecule has 0 atom stereocenters. The van der Waals surface area contributed by atoms with Gasteiger partial charge in [-0.2, -0.15) is 0 Å². The third-order valence-corrected chi connectivity index (χ3v) is 4.93. The molecule has 1 fully saturated rings. The maximum absolute atomic E-state index is 12.3. The van der Waals surface area contributed by atoms with Gasteiger partial charge in [-0.05, 0) is 38.3 Å². The number of amides is 1. The number of hydrogen-bond donors (Lipinski definition) is 1. The van der Waals surface area contributed by atoms with Crippen molar-refractivity contribution in [2.75, 3.05) is 7.11 Å². The third kappa shape index (κ3) is 2.66. The van der Waals surface area contributed by atoms with Crippen LogP contribution in [-0.2, 0) is 9.53 Å². The normalized spacial score (nSPS) is 17.2. The summed E-state index contributed by atoms with van der Waals surface area (Å²) in [6.07, 6.45) is 3.21. The van der Waals surface area contributed by atoms with Crippen LogP contribution in [0.15, 0.2) is 6.07 Å². The number of rotatable bonds is 3. The molecular weight excluding hydrogens is 262 g/mol. The highest BCUT2D eigenvalue weighted by Gasteiger charge is 2.43. The van der Waals surface area contributed by atoms with E-state index in [-0.39, 0.29) is 11.9 Å². The summed E-state index contributed by atoms with van der Waals surface area (Å²) < 4.78 is 4.85. The van der Waals surface area contributed by atoms with Crippen LogP contribution < -0.4 is 5.32 Å². The largest absolute Gasteiger partial charge is 0.467 e. The molecule has 0 aromatic carbocycles. The van der Waals surface area contributed by atoms with Gasteiger partial charge in [0.05, 0.1) is 12.0 Å². The quantitative estimate of drug-likeness (QED) is 0.866. The molecule has 1 aromatic rings. The van der Waals surface area contributed by atoms with Crippen LogP contribution in [0.25, 0.3) is 0 Å². The first kappa shape index (κ1) is 14.1. The molecule has 1 aliphatic carbocycles. The fourth-order valence-corrected chi connectivity index (χ4v) is 3.45. The molecule has 1 saturated carbocycles. The minimum absolute atomic E-state index is 0.173. The van der Waals surface area contributed by atoms with Gasteiger partial charge in [0.2, 0.25) is 0 Å². The van der Waals surface area contributed by atoms with Crippen molar-refractivity contribution in [2.24, 2.45) is 0 Å². The molecule has 5 heteroatoms. The van der Waals surface area contributed by atoms with Crippen molar-refractivity contribution in [3.05, 3.63) is 21.4 Å². The highest BCUT2D eigenvalue weighted by molar-refractivity contribution is 7.14. The Bertz CT molecular complexity index is 481. The second-order valence-electron chi connectivity index (χ2n) is 5.08.